The Balaban J connectivity index is 1.80. The number of pyridine rings is 1. The number of nitrogens with one attached hydrogen (secondary N) is 1. The van der Waals surface area contributed by atoms with Crippen molar-refractivity contribution in [2.24, 2.45) is 0 Å². The van der Waals surface area contributed by atoms with Crippen molar-refractivity contribution in [3.8, 4) is 11.3 Å². The SMILES string of the molecule is CCc1ccc(-c2cc(C(=O)Nc3ccccc3C)c3ccccc3n2)cc1. The van der Waals surface area contributed by atoms with E-state index in [0.717, 1.165) is 39.8 Å². The fraction of sp³-hybridized carbons (Fsp3) is 0.120. The van der Waals surface area contributed by atoms with E-state index in [9.17, 15) is 4.79 Å². The number of aromatic nitrogens is 1. The summed E-state index contributed by atoms with van der Waals surface area (Å²) in [5, 5.41) is 3.90. The molecular weight excluding hydrogens is 344 g/mol. The average molecular weight is 366 g/mol. The Bertz CT molecular complexity index is 1150. The molecule has 0 atom stereocenters. The zero-order valence-corrected chi connectivity index (χ0v) is 16.1. The maximum absolute atomic E-state index is 13.1. The molecule has 3 aromatic carbocycles. The molecule has 3 heteroatoms. The summed E-state index contributed by atoms with van der Waals surface area (Å²) in [6.45, 7) is 4.12. The van der Waals surface area contributed by atoms with Crippen LogP contribution in [0.15, 0.2) is 78.9 Å². The lowest BCUT2D eigenvalue weighted by molar-refractivity contribution is 0.102. The monoisotopic (exact) mass is 366 g/mol. The Kier molecular flexibility index (Phi) is 4.90. The van der Waals surface area contributed by atoms with Crippen LogP contribution in [0.5, 0.6) is 0 Å². The van der Waals surface area contributed by atoms with Crippen molar-refractivity contribution < 1.29 is 4.79 Å². The maximum atomic E-state index is 13.1. The normalized spacial score (nSPS) is 10.8. The van der Waals surface area contributed by atoms with E-state index in [-0.39, 0.29) is 5.91 Å². The first kappa shape index (κ1) is 17.9. The highest BCUT2D eigenvalue weighted by atomic mass is 16.1. The van der Waals surface area contributed by atoms with Crippen LogP contribution in [-0.4, -0.2) is 10.9 Å². The van der Waals surface area contributed by atoms with Crippen molar-refractivity contribution in [1.82, 2.24) is 4.98 Å². The number of amides is 1. The number of carbonyl (C=O) groups is 1. The third-order valence-electron chi connectivity index (χ3n) is 5.01. The van der Waals surface area contributed by atoms with Crippen LogP contribution in [0.3, 0.4) is 0 Å². The van der Waals surface area contributed by atoms with Gasteiger partial charge in [-0.3, -0.25) is 4.79 Å². The molecule has 0 aliphatic carbocycles. The van der Waals surface area contributed by atoms with Crippen molar-refractivity contribution in [2.75, 3.05) is 5.32 Å². The molecule has 1 heterocycles. The summed E-state index contributed by atoms with van der Waals surface area (Å²) in [6.07, 6.45) is 0.996. The number of fused-ring (bicyclic) bond motifs is 1. The molecule has 0 aliphatic rings. The molecule has 0 spiro atoms. The molecule has 0 bridgehead atoms. The van der Waals surface area contributed by atoms with Gasteiger partial charge >= 0.3 is 0 Å². The van der Waals surface area contributed by atoms with E-state index in [1.165, 1.54) is 5.56 Å². The fourth-order valence-electron chi connectivity index (χ4n) is 3.33. The number of hydrogen-bond acceptors (Lipinski definition) is 2. The second kappa shape index (κ2) is 7.65. The van der Waals surface area contributed by atoms with Gasteiger partial charge in [0.1, 0.15) is 0 Å². The van der Waals surface area contributed by atoms with E-state index in [4.69, 9.17) is 4.98 Å². The zero-order chi connectivity index (χ0) is 19.5. The average Bonchev–Trinajstić information content (AvgIpc) is 2.74. The van der Waals surface area contributed by atoms with Gasteiger partial charge in [0.2, 0.25) is 0 Å². The van der Waals surface area contributed by atoms with Crippen LogP contribution in [0, 0.1) is 6.92 Å². The zero-order valence-electron chi connectivity index (χ0n) is 16.1. The van der Waals surface area contributed by atoms with E-state index in [1.807, 2.05) is 61.5 Å². The first-order valence-electron chi connectivity index (χ1n) is 9.52. The van der Waals surface area contributed by atoms with Gasteiger partial charge < -0.3 is 5.32 Å². The molecule has 0 unspecified atom stereocenters. The molecule has 1 N–H and O–H groups in total. The van der Waals surface area contributed by atoms with Gasteiger partial charge in [-0.15, -0.1) is 0 Å². The fourth-order valence-corrected chi connectivity index (χ4v) is 3.33. The largest absolute Gasteiger partial charge is 0.322 e. The molecule has 138 valence electrons. The number of aryl methyl sites for hydroxylation is 2. The topological polar surface area (TPSA) is 42.0 Å². The van der Waals surface area contributed by atoms with Crippen LogP contribution >= 0.6 is 0 Å². The van der Waals surface area contributed by atoms with Gasteiger partial charge in [0, 0.05) is 16.6 Å². The highest BCUT2D eigenvalue weighted by Gasteiger charge is 2.15. The predicted octanol–water partition coefficient (Wildman–Crippen LogP) is 6.02. The van der Waals surface area contributed by atoms with Gasteiger partial charge in [-0.25, -0.2) is 4.98 Å². The number of nitrogens with zero attached hydrogens (tertiary/aromatic N) is 1. The molecule has 1 aromatic heterocycles. The third kappa shape index (κ3) is 3.52. The van der Waals surface area contributed by atoms with Crippen LogP contribution in [0.25, 0.3) is 22.2 Å². The standard InChI is InChI=1S/C25H22N2O/c1-3-18-12-14-19(15-13-18)24-16-21(20-9-5-7-11-23(20)26-24)25(28)27-22-10-6-4-8-17(22)2/h4-16H,3H2,1-2H3,(H,27,28). The van der Waals surface area contributed by atoms with Gasteiger partial charge in [0.15, 0.2) is 0 Å². The Morgan fingerprint density at radius 3 is 2.39 bits per heavy atom. The lowest BCUT2D eigenvalue weighted by atomic mass is 10.0. The lowest BCUT2D eigenvalue weighted by Gasteiger charge is -2.12. The minimum atomic E-state index is -0.126. The third-order valence-corrected chi connectivity index (χ3v) is 5.01. The Morgan fingerprint density at radius 1 is 0.929 bits per heavy atom. The minimum absolute atomic E-state index is 0.126. The van der Waals surface area contributed by atoms with Gasteiger partial charge in [-0.1, -0.05) is 67.6 Å². The summed E-state index contributed by atoms with van der Waals surface area (Å²) in [7, 11) is 0. The van der Waals surface area contributed by atoms with Crippen molar-refractivity contribution in [3.05, 3.63) is 95.6 Å². The summed E-state index contributed by atoms with van der Waals surface area (Å²) in [6, 6.07) is 25.8. The van der Waals surface area contributed by atoms with E-state index in [1.54, 1.807) is 0 Å². The van der Waals surface area contributed by atoms with Crippen molar-refractivity contribution in [1.29, 1.82) is 0 Å². The van der Waals surface area contributed by atoms with Gasteiger partial charge in [0.05, 0.1) is 16.8 Å². The molecule has 4 rings (SSSR count). The van der Waals surface area contributed by atoms with Crippen LogP contribution in [0.2, 0.25) is 0 Å². The van der Waals surface area contributed by atoms with E-state index >= 15 is 0 Å². The molecule has 0 saturated heterocycles. The highest BCUT2D eigenvalue weighted by molar-refractivity contribution is 6.13. The summed E-state index contributed by atoms with van der Waals surface area (Å²) >= 11 is 0. The Labute approximate surface area is 165 Å². The lowest BCUT2D eigenvalue weighted by Crippen LogP contribution is -2.13. The van der Waals surface area contributed by atoms with Crippen LogP contribution in [0.1, 0.15) is 28.4 Å². The van der Waals surface area contributed by atoms with Crippen LogP contribution < -0.4 is 5.32 Å². The Morgan fingerprint density at radius 2 is 1.64 bits per heavy atom. The van der Waals surface area contributed by atoms with E-state index in [2.05, 4.69) is 36.5 Å². The molecule has 0 aliphatic heterocycles. The molecule has 0 saturated carbocycles. The summed E-state index contributed by atoms with van der Waals surface area (Å²) in [4.78, 5) is 17.9. The predicted molar refractivity (Wildman–Crippen MR) is 116 cm³/mol. The van der Waals surface area contributed by atoms with Gasteiger partial charge in [-0.2, -0.15) is 0 Å². The molecular formula is C25H22N2O. The molecule has 28 heavy (non-hydrogen) atoms. The highest BCUT2D eigenvalue weighted by Crippen LogP contribution is 2.26. The maximum Gasteiger partial charge on any atom is 0.256 e. The van der Waals surface area contributed by atoms with E-state index < -0.39 is 0 Å². The number of hydrogen-bond donors (Lipinski definition) is 1. The molecule has 0 radical (unpaired) electrons. The van der Waals surface area contributed by atoms with Crippen LogP contribution in [0.4, 0.5) is 5.69 Å². The van der Waals surface area contributed by atoms with Crippen molar-refractivity contribution >= 4 is 22.5 Å². The molecule has 1 amide bonds. The number of anilines is 1. The summed E-state index contributed by atoms with van der Waals surface area (Å²) in [5.41, 5.74) is 6.39. The second-order valence-corrected chi connectivity index (χ2v) is 6.89. The summed E-state index contributed by atoms with van der Waals surface area (Å²) < 4.78 is 0. The molecule has 4 aromatic rings. The van der Waals surface area contributed by atoms with Gasteiger partial charge in [0.25, 0.3) is 5.91 Å². The molecule has 3 nitrogen and oxygen atoms in total. The number of benzene rings is 3. The number of carbonyl (C=O) groups excluding carboxylic acids is 1. The quantitative estimate of drug-likeness (QED) is 0.479. The van der Waals surface area contributed by atoms with Crippen molar-refractivity contribution in [3.63, 3.8) is 0 Å². The number of para-hydroxylation sites is 2. The first-order chi connectivity index (χ1) is 13.7. The number of rotatable bonds is 4. The first-order valence-corrected chi connectivity index (χ1v) is 9.52. The van der Waals surface area contributed by atoms with Crippen molar-refractivity contribution in [2.45, 2.75) is 20.3 Å². The smallest absolute Gasteiger partial charge is 0.256 e. The van der Waals surface area contributed by atoms with Gasteiger partial charge in [-0.05, 0) is 42.7 Å². The minimum Gasteiger partial charge on any atom is -0.322 e. The van der Waals surface area contributed by atoms with Crippen LogP contribution in [-0.2, 0) is 6.42 Å². The molecule has 0 fully saturated rings. The summed E-state index contributed by atoms with van der Waals surface area (Å²) in [5.74, 6) is -0.126. The Hall–Kier alpha value is -3.46. The second-order valence-electron chi connectivity index (χ2n) is 6.89. The van der Waals surface area contributed by atoms with E-state index in [0.29, 0.717) is 5.56 Å².